The van der Waals surface area contributed by atoms with Gasteiger partial charge in [0.15, 0.2) is 0 Å². The minimum Gasteiger partial charge on any atom is -0.496 e. The molecule has 3 rings (SSSR count). The number of alkyl halides is 6. The molecule has 0 spiro atoms. The molecule has 1 amide bonds. The summed E-state index contributed by atoms with van der Waals surface area (Å²) in [5.74, 6) is -2.41. The third-order valence-corrected chi connectivity index (χ3v) is 6.01. The van der Waals surface area contributed by atoms with Gasteiger partial charge in [0, 0.05) is 6.54 Å². The molecule has 2 N–H and O–H groups in total. The number of carboxylic acid groups (broad SMARTS) is 1. The smallest absolute Gasteiger partial charge is 0.416 e. The number of methoxy groups -OCH3 is 1. The maximum Gasteiger partial charge on any atom is 0.416 e. The van der Waals surface area contributed by atoms with Crippen LogP contribution in [0.25, 0.3) is 0 Å². The number of nitrogens with one attached hydrogen (secondary N) is 1. The second-order valence-electron chi connectivity index (χ2n) is 8.85. The van der Waals surface area contributed by atoms with Crippen LogP contribution in [0.4, 0.5) is 26.3 Å². The molecule has 0 saturated heterocycles. The average Bonchev–Trinajstić information content (AvgIpc) is 2.89. The maximum atomic E-state index is 13.1. The number of carbonyl (C=O) groups is 2. The minimum atomic E-state index is -5.00. The van der Waals surface area contributed by atoms with Gasteiger partial charge < -0.3 is 19.9 Å². The molecule has 3 aromatic carbocycles. The van der Waals surface area contributed by atoms with Crippen LogP contribution >= 0.6 is 0 Å². The van der Waals surface area contributed by atoms with Crippen LogP contribution in [0, 0.1) is 5.92 Å². The number of carboxylic acids is 1. The van der Waals surface area contributed by atoms with Gasteiger partial charge in [0.1, 0.15) is 17.2 Å². The van der Waals surface area contributed by atoms with Crippen molar-refractivity contribution in [3.63, 3.8) is 0 Å². The lowest BCUT2D eigenvalue weighted by molar-refractivity contribution is -0.143. The lowest BCUT2D eigenvalue weighted by atomic mass is 9.95. The molecule has 0 aliphatic rings. The van der Waals surface area contributed by atoms with E-state index < -0.39 is 47.0 Å². The molecule has 0 saturated carbocycles. The summed E-state index contributed by atoms with van der Waals surface area (Å²) in [5.41, 5.74) is -1.59. The number of benzene rings is 3. The molecule has 0 radical (unpaired) electrons. The fraction of sp³-hybridized carbons (Fsp3) is 0.286. The zero-order chi connectivity index (χ0) is 29.7. The highest BCUT2D eigenvalue weighted by atomic mass is 19.4. The van der Waals surface area contributed by atoms with Crippen molar-refractivity contribution in [2.75, 3.05) is 7.11 Å². The number of hydrogen-bond donors (Lipinski definition) is 2. The summed E-state index contributed by atoms with van der Waals surface area (Å²) >= 11 is 0. The van der Waals surface area contributed by atoms with Crippen LogP contribution < -0.4 is 14.8 Å². The summed E-state index contributed by atoms with van der Waals surface area (Å²) in [6.07, 6.45) is -9.36. The summed E-state index contributed by atoms with van der Waals surface area (Å²) in [4.78, 5) is 24.2. The molecule has 0 aliphatic carbocycles. The molecule has 0 aliphatic heterocycles. The number of carbonyl (C=O) groups excluding carboxylic acids is 1. The van der Waals surface area contributed by atoms with Gasteiger partial charge in [-0.1, -0.05) is 25.1 Å². The first-order chi connectivity index (χ1) is 18.7. The SMILES string of the molecule is CC[C@@H](Cc1ccc(OC)c(C(=O)NCc2ccc(Oc3cc(C(F)(F)F)cc(C(F)(F)F)c3)cc2)c1)C(=O)O. The van der Waals surface area contributed by atoms with Crippen molar-refractivity contribution in [3.05, 3.63) is 88.5 Å². The van der Waals surface area contributed by atoms with E-state index in [1.165, 1.54) is 31.4 Å². The Kier molecular flexibility index (Phi) is 9.33. The fourth-order valence-electron chi connectivity index (χ4n) is 3.82. The Balaban J connectivity index is 1.71. The van der Waals surface area contributed by atoms with Crippen molar-refractivity contribution in [1.29, 1.82) is 0 Å². The molecule has 0 fully saturated rings. The molecule has 0 heterocycles. The Labute approximate surface area is 225 Å². The normalized spacial score (nSPS) is 12.5. The zero-order valence-corrected chi connectivity index (χ0v) is 21.3. The highest BCUT2D eigenvalue weighted by Crippen LogP contribution is 2.39. The van der Waals surface area contributed by atoms with E-state index in [9.17, 15) is 41.0 Å². The third kappa shape index (κ3) is 7.90. The predicted octanol–water partition coefficient (Wildman–Crippen LogP) is 7.11. The van der Waals surface area contributed by atoms with Crippen molar-refractivity contribution in [3.8, 4) is 17.2 Å². The summed E-state index contributed by atoms with van der Waals surface area (Å²) < 4.78 is 89.0. The minimum absolute atomic E-state index is 0.0115. The Bertz CT molecular complexity index is 1320. The van der Waals surface area contributed by atoms with Gasteiger partial charge in [0.05, 0.1) is 29.7 Å². The van der Waals surface area contributed by atoms with Gasteiger partial charge in [-0.25, -0.2) is 0 Å². The molecule has 1 atom stereocenters. The van der Waals surface area contributed by atoms with Gasteiger partial charge in [-0.2, -0.15) is 26.3 Å². The quantitative estimate of drug-likeness (QED) is 0.254. The molecule has 12 heteroatoms. The van der Waals surface area contributed by atoms with Gasteiger partial charge in [-0.05, 0) is 66.4 Å². The molecule has 0 bridgehead atoms. The van der Waals surface area contributed by atoms with Crippen molar-refractivity contribution >= 4 is 11.9 Å². The summed E-state index contributed by atoms with van der Waals surface area (Å²) in [5, 5.41) is 12.0. The molecule has 40 heavy (non-hydrogen) atoms. The largest absolute Gasteiger partial charge is 0.496 e. The molecule has 3 aromatic rings. The van der Waals surface area contributed by atoms with Crippen molar-refractivity contribution in [2.45, 2.75) is 38.7 Å². The van der Waals surface area contributed by atoms with E-state index in [0.717, 1.165) is 0 Å². The zero-order valence-electron chi connectivity index (χ0n) is 21.3. The highest BCUT2D eigenvalue weighted by Gasteiger charge is 2.37. The number of hydrogen-bond acceptors (Lipinski definition) is 4. The van der Waals surface area contributed by atoms with E-state index in [4.69, 9.17) is 9.47 Å². The van der Waals surface area contributed by atoms with Crippen LogP contribution in [-0.2, 0) is 30.1 Å². The van der Waals surface area contributed by atoms with E-state index in [1.807, 2.05) is 0 Å². The average molecular weight is 569 g/mol. The van der Waals surface area contributed by atoms with Gasteiger partial charge in [-0.15, -0.1) is 0 Å². The molecule has 0 unspecified atom stereocenters. The van der Waals surface area contributed by atoms with Crippen LogP contribution in [0.1, 0.15) is 46.0 Å². The third-order valence-electron chi connectivity index (χ3n) is 6.01. The molecule has 0 aromatic heterocycles. The van der Waals surface area contributed by atoms with E-state index in [-0.39, 0.29) is 36.1 Å². The molecule has 214 valence electrons. The topological polar surface area (TPSA) is 84.9 Å². The monoisotopic (exact) mass is 569 g/mol. The molecular weight excluding hydrogens is 544 g/mol. The van der Waals surface area contributed by atoms with Gasteiger partial charge >= 0.3 is 18.3 Å². The standard InChI is InChI=1S/C28H25F6NO5/c1-3-18(26(37)38)10-17-6-9-24(39-2)23(11-17)25(36)35-15-16-4-7-21(8-5-16)40-22-13-19(27(29,30)31)12-20(14-22)28(32,33)34/h4-9,11-14,18H,3,10,15H2,1-2H3,(H,35,36)(H,37,38)/t18-/m0/s1. The number of ether oxygens (including phenoxy) is 2. The second-order valence-corrected chi connectivity index (χ2v) is 8.85. The van der Waals surface area contributed by atoms with E-state index in [1.54, 1.807) is 25.1 Å². The van der Waals surface area contributed by atoms with E-state index in [2.05, 4.69) is 5.32 Å². The van der Waals surface area contributed by atoms with Crippen molar-refractivity contribution in [1.82, 2.24) is 5.32 Å². The first kappa shape index (κ1) is 30.3. The van der Waals surface area contributed by atoms with E-state index >= 15 is 0 Å². The highest BCUT2D eigenvalue weighted by molar-refractivity contribution is 5.97. The van der Waals surface area contributed by atoms with Crippen LogP contribution in [0.5, 0.6) is 17.2 Å². The van der Waals surface area contributed by atoms with Crippen LogP contribution in [0.15, 0.2) is 60.7 Å². The lowest BCUT2D eigenvalue weighted by Crippen LogP contribution is -2.24. The van der Waals surface area contributed by atoms with Crippen molar-refractivity contribution < 1.29 is 50.5 Å². The second kappa shape index (κ2) is 12.3. The van der Waals surface area contributed by atoms with Gasteiger partial charge in [-0.3, -0.25) is 9.59 Å². The van der Waals surface area contributed by atoms with Crippen LogP contribution in [0.3, 0.4) is 0 Å². The lowest BCUT2D eigenvalue weighted by Gasteiger charge is -2.15. The fourth-order valence-corrected chi connectivity index (χ4v) is 3.82. The summed E-state index contributed by atoms with van der Waals surface area (Å²) in [7, 11) is 1.39. The Morgan fingerprint density at radius 2 is 1.43 bits per heavy atom. The molecular formula is C28H25F6NO5. The Morgan fingerprint density at radius 3 is 1.93 bits per heavy atom. The van der Waals surface area contributed by atoms with E-state index in [0.29, 0.717) is 29.7 Å². The number of halogens is 6. The number of amides is 1. The number of rotatable bonds is 10. The number of aliphatic carboxylic acids is 1. The van der Waals surface area contributed by atoms with Gasteiger partial charge in [0.2, 0.25) is 0 Å². The van der Waals surface area contributed by atoms with Crippen LogP contribution in [0.2, 0.25) is 0 Å². The van der Waals surface area contributed by atoms with Crippen molar-refractivity contribution in [2.24, 2.45) is 5.92 Å². The summed E-state index contributed by atoms with van der Waals surface area (Å²) in [6.45, 7) is 1.78. The molecule has 6 nitrogen and oxygen atoms in total. The summed E-state index contributed by atoms with van der Waals surface area (Å²) in [6, 6.07) is 11.4. The van der Waals surface area contributed by atoms with Crippen LogP contribution in [-0.4, -0.2) is 24.1 Å². The Hall–Kier alpha value is -4.22. The first-order valence-corrected chi connectivity index (χ1v) is 12.0. The Morgan fingerprint density at radius 1 is 0.850 bits per heavy atom. The maximum absolute atomic E-state index is 13.1. The first-order valence-electron chi connectivity index (χ1n) is 12.0. The predicted molar refractivity (Wildman–Crippen MR) is 132 cm³/mol. The van der Waals surface area contributed by atoms with Gasteiger partial charge in [0.25, 0.3) is 5.91 Å².